The van der Waals surface area contributed by atoms with Crippen molar-refractivity contribution in [1.29, 1.82) is 0 Å². The van der Waals surface area contributed by atoms with E-state index in [1.54, 1.807) is 11.9 Å². The molecular formula is C14H15BrN2OS. The summed E-state index contributed by atoms with van der Waals surface area (Å²) in [6.45, 7) is 1.86. The lowest BCUT2D eigenvalue weighted by Gasteiger charge is -2.28. The van der Waals surface area contributed by atoms with E-state index in [1.165, 1.54) is 4.90 Å². The van der Waals surface area contributed by atoms with Gasteiger partial charge in [0.1, 0.15) is 0 Å². The van der Waals surface area contributed by atoms with Gasteiger partial charge in [0, 0.05) is 29.6 Å². The zero-order valence-electron chi connectivity index (χ0n) is 10.4. The zero-order valence-corrected chi connectivity index (χ0v) is 12.8. The average Bonchev–Trinajstić information content (AvgIpc) is 2.45. The maximum atomic E-state index is 9.53. The Balaban J connectivity index is 1.83. The molecule has 0 atom stereocenters. The standard InChI is InChI=1S/C14H15BrN2OS/c15-13-12(19-17-8-5-11(18)6-9-17)4-3-10-2-1-7-16-14(10)13/h1-4,7,11,18H,5-6,8-9H2. The first kappa shape index (κ1) is 13.4. The second-order valence-electron chi connectivity index (χ2n) is 4.70. The minimum Gasteiger partial charge on any atom is -0.393 e. The van der Waals surface area contributed by atoms with Gasteiger partial charge in [0.2, 0.25) is 0 Å². The van der Waals surface area contributed by atoms with Gasteiger partial charge in [-0.15, -0.1) is 0 Å². The number of fused-ring (bicyclic) bond motifs is 1. The lowest BCUT2D eigenvalue weighted by molar-refractivity contribution is 0.116. The SMILES string of the molecule is OC1CCN(Sc2ccc3cccnc3c2Br)CC1. The number of piperidine rings is 1. The Kier molecular flexibility index (Phi) is 4.07. The lowest BCUT2D eigenvalue weighted by atomic mass is 10.1. The fourth-order valence-electron chi connectivity index (χ4n) is 2.23. The van der Waals surface area contributed by atoms with Crippen LogP contribution in [-0.2, 0) is 0 Å². The summed E-state index contributed by atoms with van der Waals surface area (Å²) in [5.74, 6) is 0. The molecule has 0 radical (unpaired) electrons. The average molecular weight is 339 g/mol. The van der Waals surface area contributed by atoms with Crippen molar-refractivity contribution in [2.75, 3.05) is 13.1 Å². The predicted octanol–water partition coefficient (Wildman–Crippen LogP) is 3.46. The molecule has 0 bridgehead atoms. The van der Waals surface area contributed by atoms with Crippen LogP contribution in [0.3, 0.4) is 0 Å². The molecule has 100 valence electrons. The van der Waals surface area contributed by atoms with Crippen molar-refractivity contribution in [1.82, 2.24) is 9.29 Å². The summed E-state index contributed by atoms with van der Waals surface area (Å²) in [6, 6.07) is 8.25. The highest BCUT2D eigenvalue weighted by Crippen LogP contribution is 2.35. The molecule has 1 aliphatic rings. The number of hydrogen-bond donors (Lipinski definition) is 1. The smallest absolute Gasteiger partial charge is 0.0855 e. The molecule has 3 nitrogen and oxygen atoms in total. The fourth-order valence-corrected chi connectivity index (χ4v) is 3.89. The van der Waals surface area contributed by atoms with Crippen molar-refractivity contribution in [3.8, 4) is 0 Å². The third-order valence-corrected chi connectivity index (χ3v) is 5.55. The number of nitrogens with zero attached hydrogens (tertiary/aromatic N) is 2. The Morgan fingerprint density at radius 2 is 2.05 bits per heavy atom. The van der Waals surface area contributed by atoms with Gasteiger partial charge in [-0.25, -0.2) is 4.31 Å². The molecule has 1 fully saturated rings. The van der Waals surface area contributed by atoms with Crippen molar-refractivity contribution < 1.29 is 5.11 Å². The number of pyridine rings is 1. The summed E-state index contributed by atoms with van der Waals surface area (Å²) < 4.78 is 3.36. The lowest BCUT2D eigenvalue weighted by Crippen LogP contribution is -2.31. The van der Waals surface area contributed by atoms with Crippen LogP contribution in [0.4, 0.5) is 0 Å². The van der Waals surface area contributed by atoms with Crippen LogP contribution < -0.4 is 0 Å². The van der Waals surface area contributed by atoms with E-state index in [-0.39, 0.29) is 6.10 Å². The van der Waals surface area contributed by atoms with Crippen LogP contribution in [-0.4, -0.2) is 33.6 Å². The van der Waals surface area contributed by atoms with Crippen LogP contribution >= 0.6 is 27.9 Å². The van der Waals surface area contributed by atoms with Crippen molar-refractivity contribution in [3.05, 3.63) is 34.9 Å². The molecule has 1 aromatic carbocycles. The number of aliphatic hydroxyl groups is 1. The first-order valence-corrected chi connectivity index (χ1v) is 7.95. The minimum absolute atomic E-state index is 0.126. The van der Waals surface area contributed by atoms with Crippen LogP contribution in [0.5, 0.6) is 0 Å². The summed E-state index contributed by atoms with van der Waals surface area (Å²) in [5.41, 5.74) is 1.00. The number of rotatable bonds is 2. The molecule has 19 heavy (non-hydrogen) atoms. The van der Waals surface area contributed by atoms with Gasteiger partial charge in [-0.1, -0.05) is 12.1 Å². The molecule has 2 aromatic rings. The largest absolute Gasteiger partial charge is 0.393 e. The van der Waals surface area contributed by atoms with Gasteiger partial charge >= 0.3 is 0 Å². The number of aromatic nitrogens is 1. The Morgan fingerprint density at radius 1 is 1.26 bits per heavy atom. The quantitative estimate of drug-likeness (QED) is 0.850. The second kappa shape index (κ2) is 5.79. The molecule has 0 saturated carbocycles. The number of halogens is 1. The normalized spacial score (nSPS) is 18.0. The third kappa shape index (κ3) is 2.94. The fraction of sp³-hybridized carbons (Fsp3) is 0.357. The van der Waals surface area contributed by atoms with Crippen molar-refractivity contribution in [3.63, 3.8) is 0 Å². The second-order valence-corrected chi connectivity index (χ2v) is 6.64. The molecular weight excluding hydrogens is 324 g/mol. The molecule has 5 heteroatoms. The summed E-state index contributed by atoms with van der Waals surface area (Å²) >= 11 is 5.40. The molecule has 3 rings (SSSR count). The van der Waals surface area contributed by atoms with Crippen LogP contribution in [0.1, 0.15) is 12.8 Å². The van der Waals surface area contributed by atoms with E-state index < -0.39 is 0 Å². The van der Waals surface area contributed by atoms with E-state index in [0.29, 0.717) is 0 Å². The molecule has 1 saturated heterocycles. The molecule has 0 unspecified atom stereocenters. The summed E-state index contributed by atoms with van der Waals surface area (Å²) in [5, 5.41) is 10.7. The molecule has 0 spiro atoms. The highest BCUT2D eigenvalue weighted by atomic mass is 79.9. The third-order valence-electron chi connectivity index (χ3n) is 3.33. The Morgan fingerprint density at radius 3 is 2.84 bits per heavy atom. The predicted molar refractivity (Wildman–Crippen MR) is 82.1 cm³/mol. The molecule has 2 heterocycles. The Labute approximate surface area is 125 Å². The van der Waals surface area contributed by atoms with Gasteiger partial charge in [0.05, 0.1) is 16.1 Å². The van der Waals surface area contributed by atoms with Crippen LogP contribution in [0.25, 0.3) is 10.9 Å². The highest BCUT2D eigenvalue weighted by Gasteiger charge is 2.19. The first-order valence-electron chi connectivity index (χ1n) is 6.38. The molecule has 0 aliphatic carbocycles. The summed E-state index contributed by atoms with van der Waals surface area (Å²) in [7, 11) is 0. The number of benzene rings is 1. The van der Waals surface area contributed by atoms with E-state index in [1.807, 2.05) is 12.3 Å². The van der Waals surface area contributed by atoms with Gasteiger partial charge in [0.25, 0.3) is 0 Å². The molecule has 0 amide bonds. The van der Waals surface area contributed by atoms with Gasteiger partial charge in [-0.3, -0.25) is 4.98 Å². The summed E-state index contributed by atoms with van der Waals surface area (Å²) in [6.07, 6.45) is 3.41. The molecule has 1 aromatic heterocycles. The van der Waals surface area contributed by atoms with Crippen LogP contribution in [0.2, 0.25) is 0 Å². The summed E-state index contributed by atoms with van der Waals surface area (Å²) in [4.78, 5) is 5.61. The van der Waals surface area contributed by atoms with Crippen molar-refractivity contribution in [2.45, 2.75) is 23.8 Å². The Bertz CT molecular complexity index is 585. The molecule has 1 N–H and O–H groups in total. The zero-order chi connectivity index (χ0) is 13.2. The molecule has 1 aliphatic heterocycles. The van der Waals surface area contributed by atoms with Crippen LogP contribution in [0.15, 0.2) is 39.8 Å². The highest BCUT2D eigenvalue weighted by molar-refractivity contribution is 9.10. The van der Waals surface area contributed by atoms with Gasteiger partial charge in [-0.2, -0.15) is 0 Å². The van der Waals surface area contributed by atoms with E-state index in [0.717, 1.165) is 41.3 Å². The topological polar surface area (TPSA) is 36.4 Å². The van der Waals surface area contributed by atoms with Crippen molar-refractivity contribution >= 4 is 38.8 Å². The van der Waals surface area contributed by atoms with E-state index in [9.17, 15) is 5.11 Å². The van der Waals surface area contributed by atoms with E-state index in [2.05, 4.69) is 43.4 Å². The van der Waals surface area contributed by atoms with E-state index in [4.69, 9.17) is 0 Å². The van der Waals surface area contributed by atoms with Crippen molar-refractivity contribution in [2.24, 2.45) is 0 Å². The van der Waals surface area contributed by atoms with Crippen LogP contribution in [0, 0.1) is 0 Å². The minimum atomic E-state index is -0.126. The maximum absolute atomic E-state index is 9.53. The first-order chi connectivity index (χ1) is 9.24. The van der Waals surface area contributed by atoms with Gasteiger partial charge < -0.3 is 5.11 Å². The Hall–Kier alpha value is -0.620. The van der Waals surface area contributed by atoms with E-state index >= 15 is 0 Å². The number of aliphatic hydroxyl groups excluding tert-OH is 1. The van der Waals surface area contributed by atoms with Gasteiger partial charge in [0.15, 0.2) is 0 Å². The van der Waals surface area contributed by atoms with Gasteiger partial charge in [-0.05, 0) is 52.9 Å². The maximum Gasteiger partial charge on any atom is 0.0855 e. The number of hydrogen-bond acceptors (Lipinski definition) is 4. The monoisotopic (exact) mass is 338 g/mol.